The van der Waals surface area contributed by atoms with Gasteiger partial charge in [-0.2, -0.15) is 0 Å². The smallest absolute Gasteiger partial charge is 0.249 e. The molecule has 2 aliphatic carbocycles. The van der Waals surface area contributed by atoms with E-state index in [1.54, 1.807) is 0 Å². The van der Waals surface area contributed by atoms with Crippen molar-refractivity contribution < 1.29 is 9.59 Å². The standard InChI is InChI=1S/C16H26N2O2/c1-3-16(4-2)15(20)18(10-11-6-5-7-11)13(12-8-9-12)14(19)17-16/h11-13H,3-10H2,1-2H3,(H,17,19). The second-order valence-corrected chi connectivity index (χ2v) is 6.82. The summed E-state index contributed by atoms with van der Waals surface area (Å²) in [6, 6.07) is -0.186. The number of hydrogen-bond acceptors (Lipinski definition) is 2. The molecule has 3 rings (SSSR count). The minimum Gasteiger partial charge on any atom is -0.340 e. The molecular weight excluding hydrogens is 252 g/mol. The van der Waals surface area contributed by atoms with Crippen molar-refractivity contribution in [3.05, 3.63) is 0 Å². The summed E-state index contributed by atoms with van der Waals surface area (Å²) in [5, 5.41) is 3.06. The molecule has 0 radical (unpaired) electrons. The van der Waals surface area contributed by atoms with Crippen LogP contribution in [-0.2, 0) is 9.59 Å². The van der Waals surface area contributed by atoms with Gasteiger partial charge in [-0.25, -0.2) is 0 Å². The van der Waals surface area contributed by atoms with Crippen LogP contribution in [0.5, 0.6) is 0 Å². The Labute approximate surface area is 121 Å². The van der Waals surface area contributed by atoms with Gasteiger partial charge in [-0.15, -0.1) is 0 Å². The van der Waals surface area contributed by atoms with E-state index in [2.05, 4.69) is 5.32 Å². The van der Waals surface area contributed by atoms with Gasteiger partial charge < -0.3 is 10.2 Å². The van der Waals surface area contributed by atoms with Crippen molar-refractivity contribution in [1.29, 1.82) is 0 Å². The first kappa shape index (κ1) is 13.9. The first-order valence-corrected chi connectivity index (χ1v) is 8.24. The van der Waals surface area contributed by atoms with Gasteiger partial charge in [0.1, 0.15) is 11.6 Å². The zero-order chi connectivity index (χ0) is 14.3. The number of carbonyl (C=O) groups is 2. The second kappa shape index (κ2) is 5.05. The molecule has 1 saturated heterocycles. The van der Waals surface area contributed by atoms with Gasteiger partial charge in [-0.05, 0) is 50.4 Å². The van der Waals surface area contributed by atoms with Crippen molar-refractivity contribution in [2.24, 2.45) is 11.8 Å². The molecule has 4 nitrogen and oxygen atoms in total. The molecule has 3 fully saturated rings. The average Bonchev–Trinajstić information content (AvgIpc) is 3.21. The van der Waals surface area contributed by atoms with E-state index in [1.807, 2.05) is 18.7 Å². The molecule has 2 amide bonds. The fourth-order valence-electron chi connectivity index (χ4n) is 3.67. The topological polar surface area (TPSA) is 49.4 Å². The van der Waals surface area contributed by atoms with Crippen molar-refractivity contribution >= 4 is 11.8 Å². The van der Waals surface area contributed by atoms with Gasteiger partial charge in [-0.3, -0.25) is 9.59 Å². The lowest BCUT2D eigenvalue weighted by Gasteiger charge is -2.47. The molecule has 0 bridgehead atoms. The molecule has 1 N–H and O–H groups in total. The van der Waals surface area contributed by atoms with Gasteiger partial charge in [-0.1, -0.05) is 20.3 Å². The molecule has 20 heavy (non-hydrogen) atoms. The van der Waals surface area contributed by atoms with Crippen LogP contribution >= 0.6 is 0 Å². The van der Waals surface area contributed by atoms with Crippen LogP contribution in [0, 0.1) is 11.8 Å². The maximum atomic E-state index is 13.0. The number of hydrogen-bond donors (Lipinski definition) is 1. The summed E-state index contributed by atoms with van der Waals surface area (Å²) in [4.78, 5) is 27.5. The molecule has 112 valence electrons. The Morgan fingerprint density at radius 3 is 2.25 bits per heavy atom. The zero-order valence-electron chi connectivity index (χ0n) is 12.7. The van der Waals surface area contributed by atoms with Gasteiger partial charge in [0, 0.05) is 6.54 Å². The molecule has 0 aromatic carbocycles. The fourth-order valence-corrected chi connectivity index (χ4v) is 3.67. The fraction of sp³-hybridized carbons (Fsp3) is 0.875. The van der Waals surface area contributed by atoms with Crippen LogP contribution in [0.2, 0.25) is 0 Å². The number of nitrogens with zero attached hydrogens (tertiary/aromatic N) is 1. The van der Waals surface area contributed by atoms with Gasteiger partial charge in [0.05, 0.1) is 0 Å². The molecule has 0 spiro atoms. The van der Waals surface area contributed by atoms with Crippen LogP contribution in [0.3, 0.4) is 0 Å². The second-order valence-electron chi connectivity index (χ2n) is 6.82. The predicted octanol–water partition coefficient (Wildman–Crippen LogP) is 2.08. The number of nitrogens with one attached hydrogen (secondary N) is 1. The third kappa shape index (κ3) is 2.13. The van der Waals surface area contributed by atoms with Crippen LogP contribution < -0.4 is 5.32 Å². The number of carbonyl (C=O) groups excluding carboxylic acids is 2. The summed E-state index contributed by atoms with van der Waals surface area (Å²) >= 11 is 0. The van der Waals surface area contributed by atoms with Crippen molar-refractivity contribution in [3.8, 4) is 0 Å². The molecule has 1 aliphatic heterocycles. The van der Waals surface area contributed by atoms with Gasteiger partial charge in [0.25, 0.3) is 0 Å². The van der Waals surface area contributed by atoms with Gasteiger partial charge in [0.2, 0.25) is 11.8 Å². The van der Waals surface area contributed by atoms with E-state index in [1.165, 1.54) is 19.3 Å². The average molecular weight is 278 g/mol. The van der Waals surface area contributed by atoms with Crippen molar-refractivity contribution in [2.45, 2.75) is 70.4 Å². The monoisotopic (exact) mass is 278 g/mol. The Balaban J connectivity index is 1.85. The largest absolute Gasteiger partial charge is 0.340 e. The molecule has 3 aliphatic rings. The number of rotatable bonds is 5. The highest BCUT2D eigenvalue weighted by Gasteiger charge is 2.53. The number of piperazine rings is 1. The molecule has 0 aromatic rings. The van der Waals surface area contributed by atoms with E-state index in [-0.39, 0.29) is 17.9 Å². The van der Waals surface area contributed by atoms with Gasteiger partial charge >= 0.3 is 0 Å². The van der Waals surface area contributed by atoms with E-state index >= 15 is 0 Å². The van der Waals surface area contributed by atoms with Crippen molar-refractivity contribution in [3.63, 3.8) is 0 Å². The number of amides is 2. The van der Waals surface area contributed by atoms with E-state index in [0.29, 0.717) is 24.7 Å². The Hall–Kier alpha value is -1.06. The maximum Gasteiger partial charge on any atom is 0.249 e. The van der Waals surface area contributed by atoms with Crippen LogP contribution in [0.25, 0.3) is 0 Å². The molecule has 0 aromatic heterocycles. The quantitative estimate of drug-likeness (QED) is 0.837. The molecule has 4 heteroatoms. The highest BCUT2D eigenvalue weighted by Crippen LogP contribution is 2.40. The highest BCUT2D eigenvalue weighted by molar-refractivity contribution is 6.00. The van der Waals surface area contributed by atoms with E-state index in [4.69, 9.17) is 0 Å². The van der Waals surface area contributed by atoms with Gasteiger partial charge in [0.15, 0.2) is 0 Å². The SMILES string of the molecule is CCC1(CC)NC(=O)C(C2CC2)N(CC2CCC2)C1=O. The highest BCUT2D eigenvalue weighted by atomic mass is 16.2. The van der Waals surface area contributed by atoms with Crippen LogP contribution in [0.4, 0.5) is 0 Å². The van der Waals surface area contributed by atoms with E-state index < -0.39 is 5.54 Å². The third-order valence-electron chi connectivity index (χ3n) is 5.59. The molecule has 1 atom stereocenters. The van der Waals surface area contributed by atoms with E-state index in [0.717, 1.165) is 19.4 Å². The Kier molecular flexibility index (Phi) is 3.51. The molecule has 1 heterocycles. The first-order chi connectivity index (χ1) is 9.61. The minimum absolute atomic E-state index is 0.0927. The zero-order valence-corrected chi connectivity index (χ0v) is 12.7. The Bertz CT molecular complexity index is 409. The minimum atomic E-state index is -0.647. The summed E-state index contributed by atoms with van der Waals surface area (Å²) in [6.45, 7) is 4.80. The van der Waals surface area contributed by atoms with E-state index in [9.17, 15) is 9.59 Å². The summed E-state index contributed by atoms with van der Waals surface area (Å²) in [5.41, 5.74) is -0.647. The normalized spacial score (nSPS) is 30.1. The maximum absolute atomic E-state index is 13.0. The summed E-state index contributed by atoms with van der Waals surface area (Å²) in [6.07, 6.45) is 7.27. The van der Waals surface area contributed by atoms with Crippen LogP contribution in [0.1, 0.15) is 58.8 Å². The Morgan fingerprint density at radius 2 is 1.80 bits per heavy atom. The molecular formula is C16H26N2O2. The van der Waals surface area contributed by atoms with Crippen LogP contribution in [0.15, 0.2) is 0 Å². The van der Waals surface area contributed by atoms with Crippen molar-refractivity contribution in [1.82, 2.24) is 10.2 Å². The molecule has 2 saturated carbocycles. The third-order valence-corrected chi connectivity index (χ3v) is 5.59. The summed E-state index contributed by atoms with van der Waals surface area (Å²) < 4.78 is 0. The Morgan fingerprint density at radius 1 is 1.15 bits per heavy atom. The lowest BCUT2D eigenvalue weighted by Crippen LogP contribution is -2.71. The lowest BCUT2D eigenvalue weighted by molar-refractivity contribution is -0.157. The summed E-state index contributed by atoms with van der Waals surface area (Å²) in [7, 11) is 0. The van der Waals surface area contributed by atoms with Crippen LogP contribution in [-0.4, -0.2) is 34.8 Å². The predicted molar refractivity (Wildman–Crippen MR) is 77.0 cm³/mol. The summed E-state index contributed by atoms with van der Waals surface area (Å²) in [5.74, 6) is 1.30. The van der Waals surface area contributed by atoms with Crippen molar-refractivity contribution in [2.75, 3.05) is 6.54 Å². The molecule has 1 unspecified atom stereocenters. The first-order valence-electron chi connectivity index (χ1n) is 8.24. The lowest BCUT2D eigenvalue weighted by atomic mass is 9.81.